The molecule has 0 saturated carbocycles. The van der Waals surface area contributed by atoms with Crippen LogP contribution in [0.3, 0.4) is 0 Å². The third-order valence-electron chi connectivity index (χ3n) is 14.7. The van der Waals surface area contributed by atoms with Crippen LogP contribution in [0.15, 0.2) is 218 Å². The zero-order valence-corrected chi connectivity index (χ0v) is 38.2. The van der Waals surface area contributed by atoms with Crippen LogP contribution in [0.4, 0.5) is 34.1 Å². The Morgan fingerprint density at radius 3 is 1.22 bits per heavy atom. The summed E-state index contributed by atoms with van der Waals surface area (Å²) >= 11 is 0. The van der Waals surface area contributed by atoms with Crippen molar-refractivity contribution in [1.29, 1.82) is 0 Å². The maximum atomic E-state index is 2.46. The van der Waals surface area contributed by atoms with E-state index in [4.69, 9.17) is 0 Å². The predicted molar refractivity (Wildman–Crippen MR) is 288 cm³/mol. The van der Waals surface area contributed by atoms with Crippen LogP contribution in [0, 0.1) is 13.8 Å². The molecule has 0 N–H and O–H groups in total. The second kappa shape index (κ2) is 14.9. The van der Waals surface area contributed by atoms with Crippen LogP contribution in [-0.2, 0) is 5.41 Å². The quantitative estimate of drug-likeness (QED) is 0.154. The SMILES string of the molecule is Cc1ccc(N(c2ccc3c(c2)C(C)(C)c2cccc4c2c-3cc2ccc(N(c3ccc(C)cc3)c3ccc5ccc6ccccc6c5c3)cc24)c2ccc3ccc4ccccc4c3c2)cc1. The molecular formula is C65H48N2. The van der Waals surface area contributed by atoms with Crippen LogP contribution in [0.1, 0.15) is 36.1 Å². The summed E-state index contributed by atoms with van der Waals surface area (Å²) in [7, 11) is 0. The maximum absolute atomic E-state index is 2.46. The highest BCUT2D eigenvalue weighted by Gasteiger charge is 2.35. The molecule has 0 atom stereocenters. The Labute approximate surface area is 391 Å². The Kier molecular flexibility index (Phi) is 8.73. The van der Waals surface area contributed by atoms with Gasteiger partial charge in [0.25, 0.3) is 0 Å². The molecule has 12 aromatic carbocycles. The van der Waals surface area contributed by atoms with Crippen molar-refractivity contribution in [3.8, 4) is 11.1 Å². The Morgan fingerprint density at radius 1 is 0.284 bits per heavy atom. The molecule has 2 heteroatoms. The third kappa shape index (κ3) is 6.24. The van der Waals surface area contributed by atoms with Gasteiger partial charge in [0, 0.05) is 39.5 Å². The standard InChI is InChI=1S/C65H48N2/c1-41-16-27-48(28-17-41)66(50-31-24-45-22-20-43-10-5-7-12-54(43)58(45)37-50)52-33-26-47-36-61-56-35-34-53(40-63(56)65(3,4)62-15-9-14-57(64(61)62)60(47)39-52)67(49-29-18-42(2)19-30-49)51-32-25-46-23-21-44-11-6-8-13-55(44)59(46)38-51/h5-40H,1-4H3. The monoisotopic (exact) mass is 856 g/mol. The molecular weight excluding hydrogens is 809 g/mol. The van der Waals surface area contributed by atoms with E-state index in [1.165, 1.54) is 98.0 Å². The Morgan fingerprint density at radius 2 is 0.687 bits per heavy atom. The van der Waals surface area contributed by atoms with Crippen molar-refractivity contribution in [3.05, 3.63) is 241 Å². The molecule has 0 bridgehead atoms. The smallest absolute Gasteiger partial charge is 0.0468 e. The summed E-state index contributed by atoms with van der Waals surface area (Å²) in [5.41, 5.74) is 14.3. The van der Waals surface area contributed by atoms with Crippen molar-refractivity contribution in [2.24, 2.45) is 0 Å². The van der Waals surface area contributed by atoms with Gasteiger partial charge in [0.05, 0.1) is 0 Å². The number of fused-ring (bicyclic) bond motifs is 10. The van der Waals surface area contributed by atoms with Crippen molar-refractivity contribution in [2.75, 3.05) is 9.80 Å². The average molecular weight is 857 g/mol. The zero-order valence-electron chi connectivity index (χ0n) is 38.2. The number of anilines is 6. The molecule has 318 valence electrons. The van der Waals surface area contributed by atoms with Gasteiger partial charge in [-0.3, -0.25) is 0 Å². The van der Waals surface area contributed by atoms with Gasteiger partial charge < -0.3 is 9.80 Å². The molecule has 0 unspecified atom stereocenters. The second-order valence-corrected chi connectivity index (χ2v) is 19.1. The summed E-state index contributed by atoms with van der Waals surface area (Å²) in [4.78, 5) is 4.86. The summed E-state index contributed by atoms with van der Waals surface area (Å²) in [5, 5.41) is 15.2. The Balaban J connectivity index is 0.977. The van der Waals surface area contributed by atoms with Crippen molar-refractivity contribution in [3.63, 3.8) is 0 Å². The number of hydrogen-bond donors (Lipinski definition) is 0. The van der Waals surface area contributed by atoms with E-state index in [2.05, 4.69) is 256 Å². The molecule has 0 spiro atoms. The van der Waals surface area contributed by atoms with Gasteiger partial charge in [-0.1, -0.05) is 165 Å². The minimum Gasteiger partial charge on any atom is -0.310 e. The molecule has 2 nitrogen and oxygen atoms in total. The first kappa shape index (κ1) is 39.2. The number of aryl methyl sites for hydroxylation is 2. The number of hydrogen-bond acceptors (Lipinski definition) is 2. The summed E-state index contributed by atoms with van der Waals surface area (Å²) < 4.78 is 0. The predicted octanol–water partition coefficient (Wildman–Crippen LogP) is 18.5. The first-order chi connectivity index (χ1) is 32.8. The van der Waals surface area contributed by atoms with Gasteiger partial charge in [-0.05, 0) is 180 Å². The van der Waals surface area contributed by atoms with Gasteiger partial charge in [-0.15, -0.1) is 0 Å². The summed E-state index contributed by atoms with van der Waals surface area (Å²) in [6.45, 7) is 9.14. The normalized spacial score (nSPS) is 12.9. The molecule has 0 aliphatic heterocycles. The van der Waals surface area contributed by atoms with Crippen LogP contribution in [0.5, 0.6) is 0 Å². The molecule has 1 aliphatic carbocycles. The molecule has 0 radical (unpaired) electrons. The van der Waals surface area contributed by atoms with Gasteiger partial charge in [0.2, 0.25) is 0 Å². The van der Waals surface area contributed by atoms with Gasteiger partial charge in [-0.25, -0.2) is 0 Å². The highest BCUT2D eigenvalue weighted by atomic mass is 15.1. The van der Waals surface area contributed by atoms with Crippen LogP contribution in [0.2, 0.25) is 0 Å². The summed E-state index contributed by atoms with van der Waals surface area (Å²) in [6.07, 6.45) is 0. The minimum absolute atomic E-state index is 0.274. The van der Waals surface area contributed by atoms with Crippen molar-refractivity contribution < 1.29 is 0 Å². The third-order valence-corrected chi connectivity index (χ3v) is 14.7. The topological polar surface area (TPSA) is 6.48 Å². The van der Waals surface area contributed by atoms with Gasteiger partial charge >= 0.3 is 0 Å². The van der Waals surface area contributed by atoms with E-state index in [0.717, 1.165) is 34.1 Å². The first-order valence-corrected chi connectivity index (χ1v) is 23.5. The lowest BCUT2D eigenvalue weighted by molar-refractivity contribution is 0.645. The van der Waals surface area contributed by atoms with Gasteiger partial charge in [0.15, 0.2) is 0 Å². The largest absolute Gasteiger partial charge is 0.310 e. The molecule has 0 fully saturated rings. The molecule has 67 heavy (non-hydrogen) atoms. The van der Waals surface area contributed by atoms with Crippen LogP contribution >= 0.6 is 0 Å². The van der Waals surface area contributed by atoms with E-state index in [9.17, 15) is 0 Å². The highest BCUT2D eigenvalue weighted by molar-refractivity contribution is 6.18. The van der Waals surface area contributed by atoms with E-state index < -0.39 is 0 Å². The summed E-state index contributed by atoms with van der Waals surface area (Å²) in [5.74, 6) is 0. The van der Waals surface area contributed by atoms with Crippen molar-refractivity contribution in [2.45, 2.75) is 33.1 Å². The lowest BCUT2D eigenvalue weighted by Gasteiger charge is -2.37. The van der Waals surface area contributed by atoms with Crippen molar-refractivity contribution >= 4 is 98.8 Å². The van der Waals surface area contributed by atoms with Gasteiger partial charge in [0.1, 0.15) is 0 Å². The minimum atomic E-state index is -0.274. The Hall–Kier alpha value is -8.20. The number of nitrogens with zero attached hydrogens (tertiary/aromatic N) is 2. The zero-order chi connectivity index (χ0) is 45.0. The molecule has 13 rings (SSSR count). The van der Waals surface area contributed by atoms with Crippen molar-refractivity contribution in [1.82, 2.24) is 0 Å². The van der Waals surface area contributed by atoms with Crippen LogP contribution in [0.25, 0.3) is 75.8 Å². The molecule has 0 aromatic heterocycles. The Bertz CT molecular complexity index is 3970. The fourth-order valence-electron chi connectivity index (χ4n) is 11.2. The lowest BCUT2D eigenvalue weighted by Crippen LogP contribution is -2.24. The number of rotatable bonds is 6. The fraction of sp³-hybridized carbons (Fsp3) is 0.0769. The van der Waals surface area contributed by atoms with E-state index in [1.54, 1.807) is 0 Å². The van der Waals surface area contributed by atoms with Crippen LogP contribution in [-0.4, -0.2) is 0 Å². The van der Waals surface area contributed by atoms with Crippen LogP contribution < -0.4 is 9.80 Å². The molecule has 0 saturated heterocycles. The number of benzene rings is 12. The van der Waals surface area contributed by atoms with E-state index in [-0.39, 0.29) is 5.41 Å². The average Bonchev–Trinajstić information content (AvgIpc) is 3.37. The van der Waals surface area contributed by atoms with E-state index >= 15 is 0 Å². The second-order valence-electron chi connectivity index (χ2n) is 19.1. The highest BCUT2D eigenvalue weighted by Crippen LogP contribution is 2.53. The lowest BCUT2D eigenvalue weighted by atomic mass is 9.68. The molecule has 0 amide bonds. The molecule has 1 aliphatic rings. The molecule has 12 aromatic rings. The maximum Gasteiger partial charge on any atom is 0.0468 e. The first-order valence-electron chi connectivity index (χ1n) is 23.5. The van der Waals surface area contributed by atoms with Gasteiger partial charge in [-0.2, -0.15) is 0 Å². The summed E-state index contributed by atoms with van der Waals surface area (Å²) in [6, 6.07) is 81.8. The van der Waals surface area contributed by atoms with E-state index in [0.29, 0.717) is 0 Å². The van der Waals surface area contributed by atoms with E-state index in [1.807, 2.05) is 0 Å². The molecule has 0 heterocycles. The fourth-order valence-corrected chi connectivity index (χ4v) is 11.2.